The highest BCUT2D eigenvalue weighted by molar-refractivity contribution is 9.10. The van der Waals surface area contributed by atoms with Crippen LogP contribution in [0.3, 0.4) is 0 Å². The van der Waals surface area contributed by atoms with Crippen LogP contribution in [0.2, 0.25) is 0 Å². The van der Waals surface area contributed by atoms with Crippen LogP contribution in [0.25, 0.3) is 0 Å². The van der Waals surface area contributed by atoms with Gasteiger partial charge in [0.05, 0.1) is 29.7 Å². The number of carbonyl (C=O) groups is 1. The summed E-state index contributed by atoms with van der Waals surface area (Å²) in [5.74, 6) is -3.10. The van der Waals surface area contributed by atoms with Crippen molar-refractivity contribution in [3.63, 3.8) is 0 Å². The number of nitrogens with zero attached hydrogens (tertiary/aromatic N) is 1. The van der Waals surface area contributed by atoms with Crippen molar-refractivity contribution >= 4 is 37.4 Å². The lowest BCUT2D eigenvalue weighted by atomic mass is 10.1. The summed E-state index contributed by atoms with van der Waals surface area (Å²) in [5.41, 5.74) is 0.676. The fraction of sp³-hybridized carbons (Fsp3) is 0.278. The zero-order chi connectivity index (χ0) is 18.9. The van der Waals surface area contributed by atoms with Gasteiger partial charge in [0.2, 0.25) is 5.91 Å². The summed E-state index contributed by atoms with van der Waals surface area (Å²) in [7, 11) is -3.26. The number of sulfone groups is 1. The molecule has 1 amide bonds. The van der Waals surface area contributed by atoms with Gasteiger partial charge in [-0.25, -0.2) is 17.2 Å². The Morgan fingerprint density at radius 1 is 1.15 bits per heavy atom. The number of halogens is 3. The van der Waals surface area contributed by atoms with E-state index in [4.69, 9.17) is 0 Å². The van der Waals surface area contributed by atoms with Crippen molar-refractivity contribution in [2.45, 2.75) is 13.0 Å². The monoisotopic (exact) mass is 443 g/mol. The Morgan fingerprint density at radius 2 is 1.85 bits per heavy atom. The number of rotatable bonds is 4. The quantitative estimate of drug-likeness (QED) is 0.723. The molecule has 0 spiro atoms. The normalized spacial score (nSPS) is 18.7. The first-order valence-electron chi connectivity index (χ1n) is 7.96. The molecular formula is C18H16BrF2NO3S. The average molecular weight is 444 g/mol. The van der Waals surface area contributed by atoms with E-state index < -0.39 is 33.3 Å². The maximum atomic E-state index is 14.3. The lowest BCUT2D eigenvalue weighted by Crippen LogP contribution is -2.37. The van der Waals surface area contributed by atoms with E-state index in [1.165, 1.54) is 11.0 Å². The molecule has 2 aromatic carbocycles. The predicted octanol–water partition coefficient (Wildman–Crippen LogP) is 3.70. The number of hydrogen-bond donors (Lipinski definition) is 0. The van der Waals surface area contributed by atoms with Crippen molar-refractivity contribution in [1.82, 2.24) is 0 Å². The molecule has 8 heteroatoms. The second-order valence-corrected chi connectivity index (χ2v) is 9.39. The van der Waals surface area contributed by atoms with Crippen molar-refractivity contribution < 1.29 is 22.0 Å². The number of carbonyl (C=O) groups excluding carboxylic acids is 1. The summed E-state index contributed by atoms with van der Waals surface area (Å²) >= 11 is 3.32. The molecule has 0 unspecified atom stereocenters. The van der Waals surface area contributed by atoms with Gasteiger partial charge in [0.1, 0.15) is 11.6 Å². The molecular weight excluding hydrogens is 428 g/mol. The van der Waals surface area contributed by atoms with Gasteiger partial charge in [0.15, 0.2) is 9.84 Å². The van der Waals surface area contributed by atoms with E-state index in [-0.39, 0.29) is 30.2 Å². The van der Waals surface area contributed by atoms with Crippen molar-refractivity contribution in [2.75, 3.05) is 16.4 Å². The van der Waals surface area contributed by atoms with E-state index >= 15 is 0 Å². The molecule has 1 saturated heterocycles. The van der Waals surface area contributed by atoms with Crippen LogP contribution in [0.4, 0.5) is 14.5 Å². The Hall–Kier alpha value is -1.80. The fourth-order valence-electron chi connectivity index (χ4n) is 2.96. The molecule has 138 valence electrons. The van der Waals surface area contributed by atoms with E-state index in [1.807, 2.05) is 0 Å². The van der Waals surface area contributed by atoms with Crippen molar-refractivity contribution in [1.29, 1.82) is 0 Å². The molecule has 0 bridgehead atoms. The SMILES string of the molecule is O=C([C@@H]1CCS(=O)(=O)C1)N(Cc1ccc(Br)cc1)c1ccc(F)cc1F. The van der Waals surface area contributed by atoms with Gasteiger partial charge in [-0.05, 0) is 36.2 Å². The maximum absolute atomic E-state index is 14.3. The molecule has 0 N–H and O–H groups in total. The van der Waals surface area contributed by atoms with E-state index in [2.05, 4.69) is 15.9 Å². The van der Waals surface area contributed by atoms with Crippen LogP contribution in [0, 0.1) is 17.6 Å². The molecule has 1 fully saturated rings. The zero-order valence-corrected chi connectivity index (χ0v) is 16.1. The van der Waals surface area contributed by atoms with Crippen LogP contribution >= 0.6 is 15.9 Å². The first kappa shape index (κ1) is 19.0. The van der Waals surface area contributed by atoms with E-state index in [0.717, 1.165) is 16.1 Å². The summed E-state index contributed by atoms with van der Waals surface area (Å²) in [6, 6.07) is 10.1. The molecule has 0 aliphatic carbocycles. The predicted molar refractivity (Wildman–Crippen MR) is 98.5 cm³/mol. The molecule has 3 rings (SSSR count). The molecule has 1 atom stereocenters. The van der Waals surface area contributed by atoms with Gasteiger partial charge in [-0.3, -0.25) is 4.79 Å². The molecule has 2 aromatic rings. The topological polar surface area (TPSA) is 54.5 Å². The molecule has 1 aliphatic heterocycles. The standard InChI is InChI=1S/C18H16BrF2NO3S/c19-14-3-1-12(2-4-14)10-22(17-6-5-15(20)9-16(17)21)18(23)13-7-8-26(24,25)11-13/h1-6,9,13H,7-8,10-11H2/t13-/m1/s1. The Morgan fingerprint density at radius 3 is 2.42 bits per heavy atom. The molecule has 1 aliphatic rings. The summed E-state index contributed by atoms with van der Waals surface area (Å²) < 4.78 is 51.8. The smallest absolute Gasteiger partial charge is 0.231 e. The molecule has 4 nitrogen and oxygen atoms in total. The van der Waals surface area contributed by atoms with Crippen LogP contribution in [-0.2, 0) is 21.2 Å². The van der Waals surface area contributed by atoms with Gasteiger partial charge in [0.25, 0.3) is 0 Å². The average Bonchev–Trinajstić information content (AvgIpc) is 2.94. The van der Waals surface area contributed by atoms with Crippen LogP contribution in [0.15, 0.2) is 46.9 Å². The first-order chi connectivity index (χ1) is 12.2. The van der Waals surface area contributed by atoms with Crippen LogP contribution in [0.1, 0.15) is 12.0 Å². The number of benzene rings is 2. The lowest BCUT2D eigenvalue weighted by molar-refractivity contribution is -0.121. The Kier molecular flexibility index (Phi) is 5.43. The molecule has 1 heterocycles. The van der Waals surface area contributed by atoms with Gasteiger partial charge >= 0.3 is 0 Å². The largest absolute Gasteiger partial charge is 0.305 e. The van der Waals surface area contributed by atoms with Gasteiger partial charge in [-0.15, -0.1) is 0 Å². The highest BCUT2D eigenvalue weighted by Crippen LogP contribution is 2.28. The Balaban J connectivity index is 1.95. The summed E-state index contributed by atoms with van der Waals surface area (Å²) in [6.45, 7) is 0.0607. The second-order valence-electron chi connectivity index (χ2n) is 6.25. The third-order valence-corrected chi connectivity index (χ3v) is 6.60. The maximum Gasteiger partial charge on any atom is 0.231 e. The minimum atomic E-state index is -3.26. The minimum Gasteiger partial charge on any atom is -0.305 e. The van der Waals surface area contributed by atoms with Crippen molar-refractivity contribution in [3.8, 4) is 0 Å². The van der Waals surface area contributed by atoms with E-state index in [0.29, 0.717) is 6.07 Å². The zero-order valence-electron chi connectivity index (χ0n) is 13.7. The summed E-state index contributed by atoms with van der Waals surface area (Å²) in [4.78, 5) is 14.1. The highest BCUT2D eigenvalue weighted by Gasteiger charge is 2.36. The van der Waals surface area contributed by atoms with Gasteiger partial charge in [-0.1, -0.05) is 28.1 Å². The van der Waals surface area contributed by atoms with Crippen molar-refractivity contribution in [3.05, 3.63) is 64.1 Å². The fourth-order valence-corrected chi connectivity index (χ4v) is 4.96. The highest BCUT2D eigenvalue weighted by atomic mass is 79.9. The van der Waals surface area contributed by atoms with Crippen molar-refractivity contribution in [2.24, 2.45) is 5.92 Å². The van der Waals surface area contributed by atoms with E-state index in [9.17, 15) is 22.0 Å². The Labute approximate surface area is 158 Å². The third-order valence-electron chi connectivity index (χ3n) is 4.30. The number of anilines is 1. The van der Waals surface area contributed by atoms with E-state index in [1.54, 1.807) is 24.3 Å². The summed E-state index contributed by atoms with van der Waals surface area (Å²) in [6.07, 6.45) is 0.209. The third kappa shape index (κ3) is 4.29. The molecule has 0 saturated carbocycles. The molecule has 26 heavy (non-hydrogen) atoms. The lowest BCUT2D eigenvalue weighted by Gasteiger charge is -2.26. The van der Waals surface area contributed by atoms with Crippen LogP contribution in [-0.4, -0.2) is 25.8 Å². The summed E-state index contributed by atoms with van der Waals surface area (Å²) in [5, 5.41) is 0. The van der Waals surface area contributed by atoms with Gasteiger partial charge in [0, 0.05) is 10.5 Å². The van der Waals surface area contributed by atoms with Crippen LogP contribution < -0.4 is 4.90 Å². The first-order valence-corrected chi connectivity index (χ1v) is 10.6. The van der Waals surface area contributed by atoms with Gasteiger partial charge < -0.3 is 4.90 Å². The molecule has 0 radical (unpaired) electrons. The Bertz CT molecular complexity index is 932. The number of amides is 1. The van der Waals surface area contributed by atoms with Crippen LogP contribution in [0.5, 0.6) is 0 Å². The van der Waals surface area contributed by atoms with Gasteiger partial charge in [-0.2, -0.15) is 0 Å². The minimum absolute atomic E-state index is 0.0541. The molecule has 0 aromatic heterocycles. The number of hydrogen-bond acceptors (Lipinski definition) is 3. The second kappa shape index (κ2) is 7.44.